The van der Waals surface area contributed by atoms with Crippen molar-refractivity contribution in [1.82, 2.24) is 20.2 Å². The average molecular weight is 637 g/mol. The van der Waals surface area contributed by atoms with Crippen LogP contribution in [0.5, 0.6) is 0 Å². The standard InChI is InChI=1S/C29H23N5.Pt/c1-4-14-24(20(10-1)23-13-7-8-19-30-23)31-25-15-5-2-11-21(25)26-17-9-18-28(32-26)29-22-12-3-6-16-27(22)33-34-29;/h1-2,4-5,7-11,13-15,17-19H,3,6,12,16H2;/q-2;+2. The maximum atomic E-state index is 5.05. The summed E-state index contributed by atoms with van der Waals surface area (Å²) in [5.41, 5.74) is 9.69. The summed E-state index contributed by atoms with van der Waals surface area (Å²) in [6.07, 6.45) is 6.22. The molecule has 35 heavy (non-hydrogen) atoms. The van der Waals surface area contributed by atoms with Crippen molar-refractivity contribution in [2.75, 3.05) is 0 Å². The molecule has 0 unspecified atom stereocenters. The molecule has 0 N–H and O–H groups in total. The molecular weight excluding hydrogens is 613 g/mol. The second kappa shape index (κ2) is 10.4. The zero-order chi connectivity index (χ0) is 22.7. The van der Waals surface area contributed by atoms with Crippen LogP contribution in [0, 0.1) is 0 Å². The number of hydrogen-bond donors (Lipinski definition) is 0. The van der Waals surface area contributed by atoms with Crippen LogP contribution in [0.25, 0.3) is 39.2 Å². The first kappa shape index (κ1) is 23.2. The molecule has 0 aliphatic heterocycles. The average Bonchev–Trinajstić information content (AvgIpc) is 3.34. The van der Waals surface area contributed by atoms with Gasteiger partial charge in [0, 0.05) is 11.9 Å². The molecule has 6 heteroatoms. The molecule has 3 heterocycles. The Bertz CT molecular complexity index is 1440. The first-order valence-electron chi connectivity index (χ1n) is 11.7. The van der Waals surface area contributed by atoms with Crippen LogP contribution in [-0.4, -0.2) is 15.1 Å². The fourth-order valence-electron chi connectivity index (χ4n) is 4.58. The van der Waals surface area contributed by atoms with Crippen molar-refractivity contribution >= 4 is 11.4 Å². The third kappa shape index (κ3) is 4.69. The first-order valence-corrected chi connectivity index (χ1v) is 11.7. The van der Waals surface area contributed by atoms with Gasteiger partial charge in [-0.15, -0.1) is 11.4 Å². The van der Waals surface area contributed by atoms with Crippen LogP contribution in [0.4, 0.5) is 11.4 Å². The number of para-hydroxylation sites is 2. The van der Waals surface area contributed by atoms with Crippen LogP contribution in [0.1, 0.15) is 24.1 Å². The van der Waals surface area contributed by atoms with Crippen molar-refractivity contribution in [2.45, 2.75) is 25.7 Å². The summed E-state index contributed by atoms with van der Waals surface area (Å²) in [5.74, 6) is 0. The van der Waals surface area contributed by atoms with E-state index in [9.17, 15) is 0 Å². The molecule has 5 nitrogen and oxygen atoms in total. The molecule has 5 aromatic rings. The molecular formula is C29H23N5Pt. The Kier molecular flexibility index (Phi) is 6.87. The van der Waals surface area contributed by atoms with E-state index >= 15 is 0 Å². The maximum Gasteiger partial charge on any atom is 2.00 e. The molecule has 174 valence electrons. The van der Waals surface area contributed by atoms with Crippen LogP contribution in [-0.2, 0) is 33.9 Å². The van der Waals surface area contributed by atoms with Gasteiger partial charge in [-0.25, -0.2) is 4.98 Å². The fourth-order valence-corrected chi connectivity index (χ4v) is 4.58. The predicted molar refractivity (Wildman–Crippen MR) is 135 cm³/mol. The third-order valence-electron chi connectivity index (χ3n) is 6.25. The summed E-state index contributed by atoms with van der Waals surface area (Å²) in [4.78, 5) is 9.52. The summed E-state index contributed by atoms with van der Waals surface area (Å²) in [5, 5.41) is 14.0. The van der Waals surface area contributed by atoms with Crippen molar-refractivity contribution in [1.29, 1.82) is 0 Å². The van der Waals surface area contributed by atoms with Gasteiger partial charge in [-0.2, -0.15) is 0 Å². The van der Waals surface area contributed by atoms with Crippen LogP contribution in [0.3, 0.4) is 0 Å². The van der Waals surface area contributed by atoms with Crippen molar-refractivity contribution in [2.24, 2.45) is 0 Å². The van der Waals surface area contributed by atoms with Crippen molar-refractivity contribution in [3.8, 4) is 33.9 Å². The van der Waals surface area contributed by atoms with Gasteiger partial charge in [-0.05, 0) is 66.6 Å². The van der Waals surface area contributed by atoms with Crippen molar-refractivity contribution in [3.05, 3.63) is 108 Å². The van der Waals surface area contributed by atoms with E-state index in [-0.39, 0.29) is 21.1 Å². The predicted octanol–water partition coefficient (Wildman–Crippen LogP) is 7.04. The van der Waals surface area contributed by atoms with E-state index in [1.165, 1.54) is 18.4 Å². The second-order valence-electron chi connectivity index (χ2n) is 8.45. The van der Waals surface area contributed by atoms with Gasteiger partial charge in [0.1, 0.15) is 0 Å². The van der Waals surface area contributed by atoms with E-state index in [2.05, 4.69) is 27.3 Å². The molecule has 0 fully saturated rings. The summed E-state index contributed by atoms with van der Waals surface area (Å²) < 4.78 is 0. The van der Waals surface area contributed by atoms with Gasteiger partial charge in [0.05, 0.1) is 17.1 Å². The summed E-state index contributed by atoms with van der Waals surface area (Å²) in [6, 6.07) is 28.3. The molecule has 0 amide bonds. The van der Waals surface area contributed by atoms with Gasteiger partial charge in [0.25, 0.3) is 0 Å². The molecule has 0 saturated heterocycles. The SMILES string of the molecule is [Pt+2].c1ccc(-c2ccccc2[N-]c2ccccc2-c2cccc(-c3[n-]nc4c3CCCC4)n2)nc1. The monoisotopic (exact) mass is 636 g/mol. The van der Waals surface area contributed by atoms with E-state index in [1.807, 2.05) is 72.8 Å². The van der Waals surface area contributed by atoms with Crippen LogP contribution < -0.4 is 5.10 Å². The number of pyridine rings is 2. The molecule has 6 rings (SSSR count). The normalized spacial score (nSPS) is 12.5. The fraction of sp³-hybridized carbons (Fsp3) is 0.138. The Balaban J connectivity index is 0.00000253. The van der Waals surface area contributed by atoms with Crippen LogP contribution >= 0.6 is 0 Å². The molecule has 0 spiro atoms. The Morgan fingerprint density at radius 1 is 0.657 bits per heavy atom. The number of rotatable bonds is 5. The van der Waals surface area contributed by atoms with E-state index in [0.29, 0.717) is 0 Å². The number of aryl methyl sites for hydroxylation is 1. The third-order valence-corrected chi connectivity index (χ3v) is 6.25. The Labute approximate surface area is 219 Å². The molecule has 0 atom stereocenters. The molecule has 0 bridgehead atoms. The number of nitrogens with zero attached hydrogens (tertiary/aromatic N) is 5. The summed E-state index contributed by atoms with van der Waals surface area (Å²) >= 11 is 0. The number of hydrogen-bond acceptors (Lipinski definition) is 3. The van der Waals surface area contributed by atoms with E-state index in [0.717, 1.165) is 63.8 Å². The smallest absolute Gasteiger partial charge is 0.657 e. The van der Waals surface area contributed by atoms with Crippen molar-refractivity contribution in [3.63, 3.8) is 0 Å². The van der Waals surface area contributed by atoms with E-state index in [1.54, 1.807) is 6.20 Å². The number of benzene rings is 2. The van der Waals surface area contributed by atoms with Crippen LogP contribution in [0.15, 0.2) is 91.1 Å². The van der Waals surface area contributed by atoms with Gasteiger partial charge in [-0.1, -0.05) is 66.4 Å². The molecule has 0 saturated carbocycles. The van der Waals surface area contributed by atoms with Gasteiger partial charge >= 0.3 is 21.1 Å². The minimum Gasteiger partial charge on any atom is -0.657 e. The zero-order valence-electron chi connectivity index (χ0n) is 19.0. The molecule has 1 aliphatic rings. The molecule has 0 radical (unpaired) electrons. The number of aromatic nitrogens is 4. The minimum absolute atomic E-state index is 0. The van der Waals surface area contributed by atoms with Gasteiger partial charge < -0.3 is 15.5 Å². The maximum absolute atomic E-state index is 5.05. The molecule has 1 aliphatic carbocycles. The van der Waals surface area contributed by atoms with E-state index < -0.39 is 0 Å². The van der Waals surface area contributed by atoms with Gasteiger partial charge in [0.15, 0.2) is 0 Å². The molecule has 3 aromatic heterocycles. The Morgan fingerprint density at radius 2 is 1.31 bits per heavy atom. The molecule has 2 aromatic carbocycles. The largest absolute Gasteiger partial charge is 2.00 e. The van der Waals surface area contributed by atoms with Crippen molar-refractivity contribution < 1.29 is 21.1 Å². The van der Waals surface area contributed by atoms with Gasteiger partial charge in [-0.3, -0.25) is 4.98 Å². The zero-order valence-corrected chi connectivity index (χ0v) is 21.3. The Hall–Kier alpha value is -3.56. The topological polar surface area (TPSA) is 66.9 Å². The quantitative estimate of drug-likeness (QED) is 0.208. The Morgan fingerprint density at radius 3 is 2.09 bits per heavy atom. The van der Waals surface area contributed by atoms with Crippen LogP contribution in [0.2, 0.25) is 0 Å². The summed E-state index contributed by atoms with van der Waals surface area (Å²) in [6.45, 7) is 0. The minimum atomic E-state index is 0. The first-order chi connectivity index (χ1) is 16.9. The number of fused-ring (bicyclic) bond motifs is 1. The van der Waals surface area contributed by atoms with E-state index in [4.69, 9.17) is 10.3 Å². The second-order valence-corrected chi connectivity index (χ2v) is 8.45. The van der Waals surface area contributed by atoms with Gasteiger partial charge in [0.2, 0.25) is 0 Å². The summed E-state index contributed by atoms with van der Waals surface area (Å²) in [7, 11) is 0.